The van der Waals surface area contributed by atoms with Crippen molar-refractivity contribution in [2.24, 2.45) is 0 Å². The molecule has 0 aromatic heterocycles. The number of rotatable bonds is 6. The third-order valence-electron chi connectivity index (χ3n) is 4.32. The number of esters is 1. The van der Waals surface area contributed by atoms with E-state index < -0.39 is 35.3 Å². The fourth-order valence-corrected chi connectivity index (χ4v) is 3.65. The number of amides is 1. The topological polar surface area (TPSA) is 55.4 Å². The molecule has 1 atom stereocenters. The molecule has 0 spiro atoms. The summed E-state index contributed by atoms with van der Waals surface area (Å²) in [5, 5.41) is 2.11. The first kappa shape index (κ1) is 19.4. The average molecular weight is 391 g/mol. The van der Waals surface area contributed by atoms with Gasteiger partial charge in [0, 0.05) is 4.90 Å². The first-order chi connectivity index (χ1) is 12.9. The van der Waals surface area contributed by atoms with Gasteiger partial charge < -0.3 is 10.1 Å². The Labute approximate surface area is 160 Å². The van der Waals surface area contributed by atoms with E-state index in [-0.39, 0.29) is 5.75 Å². The zero-order chi connectivity index (χ0) is 19.4. The van der Waals surface area contributed by atoms with Gasteiger partial charge in [-0.1, -0.05) is 12.1 Å². The molecule has 27 heavy (non-hydrogen) atoms. The van der Waals surface area contributed by atoms with Crippen LogP contribution in [0.5, 0.6) is 0 Å². The van der Waals surface area contributed by atoms with Crippen molar-refractivity contribution in [2.75, 3.05) is 11.1 Å². The summed E-state index contributed by atoms with van der Waals surface area (Å²) >= 11 is 1.33. The van der Waals surface area contributed by atoms with Gasteiger partial charge in [-0.25, -0.2) is 8.78 Å². The number of thioether (sulfide) groups is 1. The number of aryl methyl sites for hydroxylation is 2. The standard InChI is InChI=1S/C20H19F2NO3S/c1-12(20(25)23-19-16(21)6-3-7-17(19)22)26-18(24)11-27-15-9-8-13-4-2-5-14(13)10-15/h3,6-10,12H,2,4-5,11H2,1H3,(H,23,25)/t12-/m0/s1. The fraction of sp³-hybridized carbons (Fsp3) is 0.300. The molecule has 0 aliphatic heterocycles. The number of nitrogens with one attached hydrogen (secondary N) is 1. The van der Waals surface area contributed by atoms with Crippen molar-refractivity contribution >= 4 is 29.3 Å². The van der Waals surface area contributed by atoms with Gasteiger partial charge in [0.05, 0.1) is 5.75 Å². The van der Waals surface area contributed by atoms with Gasteiger partial charge in [-0.05, 0) is 61.6 Å². The summed E-state index contributed by atoms with van der Waals surface area (Å²) in [5.41, 5.74) is 2.11. The molecule has 0 saturated heterocycles. The van der Waals surface area contributed by atoms with E-state index in [1.54, 1.807) is 0 Å². The van der Waals surface area contributed by atoms with E-state index in [2.05, 4.69) is 17.4 Å². The summed E-state index contributed by atoms with van der Waals surface area (Å²) in [6.45, 7) is 1.35. The van der Waals surface area contributed by atoms with Crippen LogP contribution in [0.25, 0.3) is 0 Å². The maximum absolute atomic E-state index is 13.6. The monoisotopic (exact) mass is 391 g/mol. The minimum Gasteiger partial charge on any atom is -0.452 e. The zero-order valence-electron chi connectivity index (χ0n) is 14.8. The summed E-state index contributed by atoms with van der Waals surface area (Å²) in [5.74, 6) is -3.11. The highest BCUT2D eigenvalue weighted by Gasteiger charge is 2.21. The Bertz CT molecular complexity index is 852. The van der Waals surface area contributed by atoms with Gasteiger partial charge in [-0.15, -0.1) is 11.8 Å². The molecule has 0 bridgehead atoms. The number of carbonyl (C=O) groups is 2. The summed E-state index contributed by atoms with van der Waals surface area (Å²) in [6.07, 6.45) is 2.13. The number of hydrogen-bond acceptors (Lipinski definition) is 4. The second-order valence-electron chi connectivity index (χ2n) is 6.29. The lowest BCUT2D eigenvalue weighted by atomic mass is 10.1. The predicted molar refractivity (Wildman–Crippen MR) is 99.7 cm³/mol. The molecule has 0 unspecified atom stereocenters. The third-order valence-corrected chi connectivity index (χ3v) is 5.28. The lowest BCUT2D eigenvalue weighted by Crippen LogP contribution is -2.31. The van der Waals surface area contributed by atoms with Gasteiger partial charge in [-0.3, -0.25) is 9.59 Å². The molecule has 1 aliphatic rings. The largest absolute Gasteiger partial charge is 0.452 e. The average Bonchev–Trinajstić information content (AvgIpc) is 3.10. The molecule has 4 nitrogen and oxygen atoms in total. The van der Waals surface area contributed by atoms with Crippen LogP contribution < -0.4 is 5.32 Å². The molecule has 1 N–H and O–H groups in total. The van der Waals surface area contributed by atoms with E-state index in [1.807, 2.05) is 6.07 Å². The molecule has 1 aliphatic carbocycles. The predicted octanol–water partition coefficient (Wildman–Crippen LogP) is 4.12. The Kier molecular flexibility index (Phi) is 6.11. The molecule has 7 heteroatoms. The summed E-state index contributed by atoms with van der Waals surface area (Å²) in [4.78, 5) is 25.0. The Morgan fingerprint density at radius 1 is 1.15 bits per heavy atom. The van der Waals surface area contributed by atoms with Gasteiger partial charge >= 0.3 is 5.97 Å². The van der Waals surface area contributed by atoms with E-state index in [0.29, 0.717) is 0 Å². The molecule has 0 saturated carbocycles. The summed E-state index contributed by atoms with van der Waals surface area (Å²) in [6, 6.07) is 9.39. The highest BCUT2D eigenvalue weighted by atomic mass is 32.2. The van der Waals surface area contributed by atoms with Crippen molar-refractivity contribution in [2.45, 2.75) is 37.2 Å². The second-order valence-corrected chi connectivity index (χ2v) is 7.34. The minimum atomic E-state index is -1.17. The van der Waals surface area contributed by atoms with Gasteiger partial charge in [0.25, 0.3) is 5.91 Å². The van der Waals surface area contributed by atoms with Crippen molar-refractivity contribution < 1.29 is 23.1 Å². The summed E-state index contributed by atoms with van der Waals surface area (Å²) < 4.78 is 32.2. The highest BCUT2D eigenvalue weighted by molar-refractivity contribution is 8.00. The van der Waals surface area contributed by atoms with Gasteiger partial charge in [0.15, 0.2) is 6.10 Å². The van der Waals surface area contributed by atoms with Crippen LogP contribution >= 0.6 is 11.8 Å². The smallest absolute Gasteiger partial charge is 0.317 e. The van der Waals surface area contributed by atoms with Crippen molar-refractivity contribution in [3.63, 3.8) is 0 Å². The molecule has 0 fully saturated rings. The minimum absolute atomic E-state index is 0.0461. The van der Waals surface area contributed by atoms with Crippen molar-refractivity contribution in [1.29, 1.82) is 0 Å². The molecule has 142 valence electrons. The van der Waals surface area contributed by atoms with E-state index >= 15 is 0 Å². The third kappa shape index (κ3) is 4.86. The normalized spacial score (nSPS) is 13.7. The van der Waals surface area contributed by atoms with Crippen LogP contribution in [0.4, 0.5) is 14.5 Å². The number of hydrogen-bond donors (Lipinski definition) is 1. The van der Waals surface area contributed by atoms with E-state index in [1.165, 1.54) is 35.9 Å². The van der Waals surface area contributed by atoms with Gasteiger partial charge in [0.2, 0.25) is 0 Å². The Morgan fingerprint density at radius 3 is 2.59 bits per heavy atom. The number of para-hydroxylation sites is 1. The molecular formula is C20H19F2NO3S. The van der Waals surface area contributed by atoms with E-state index in [0.717, 1.165) is 36.3 Å². The second kappa shape index (κ2) is 8.52. The van der Waals surface area contributed by atoms with Crippen molar-refractivity contribution in [1.82, 2.24) is 0 Å². The van der Waals surface area contributed by atoms with Crippen LogP contribution in [0.2, 0.25) is 0 Å². The molecule has 0 heterocycles. The van der Waals surface area contributed by atoms with Crippen LogP contribution in [0.15, 0.2) is 41.3 Å². The Balaban J connectivity index is 1.50. The van der Waals surface area contributed by atoms with Crippen LogP contribution in [-0.4, -0.2) is 23.7 Å². The van der Waals surface area contributed by atoms with Crippen LogP contribution in [0.3, 0.4) is 0 Å². The lowest BCUT2D eigenvalue weighted by molar-refractivity contribution is -0.150. The van der Waals surface area contributed by atoms with Crippen molar-refractivity contribution in [3.8, 4) is 0 Å². The van der Waals surface area contributed by atoms with E-state index in [4.69, 9.17) is 4.74 Å². The SMILES string of the molecule is C[C@H](OC(=O)CSc1ccc2c(c1)CCC2)C(=O)Nc1c(F)cccc1F. The first-order valence-electron chi connectivity index (χ1n) is 8.63. The molecule has 2 aromatic rings. The van der Waals surface area contributed by atoms with Crippen LogP contribution in [0.1, 0.15) is 24.5 Å². The molecule has 3 rings (SSSR count). The van der Waals surface area contributed by atoms with Crippen molar-refractivity contribution in [3.05, 3.63) is 59.2 Å². The van der Waals surface area contributed by atoms with Gasteiger partial charge in [0.1, 0.15) is 17.3 Å². The maximum atomic E-state index is 13.6. The molecular weight excluding hydrogens is 372 g/mol. The number of anilines is 1. The quantitative estimate of drug-likeness (QED) is 0.595. The maximum Gasteiger partial charge on any atom is 0.317 e. The summed E-state index contributed by atoms with van der Waals surface area (Å²) in [7, 11) is 0. The fourth-order valence-electron chi connectivity index (χ4n) is 2.91. The number of ether oxygens (including phenoxy) is 1. The lowest BCUT2D eigenvalue weighted by Gasteiger charge is -2.14. The zero-order valence-corrected chi connectivity index (χ0v) is 15.6. The molecule has 1 amide bonds. The number of benzene rings is 2. The number of fused-ring (bicyclic) bond motifs is 1. The van der Waals surface area contributed by atoms with Gasteiger partial charge in [-0.2, -0.15) is 0 Å². The van der Waals surface area contributed by atoms with E-state index in [9.17, 15) is 18.4 Å². The number of halogens is 2. The van der Waals surface area contributed by atoms with Crippen LogP contribution in [-0.2, 0) is 27.2 Å². The van der Waals surface area contributed by atoms with Crippen LogP contribution in [0, 0.1) is 11.6 Å². The molecule has 2 aromatic carbocycles. The highest BCUT2D eigenvalue weighted by Crippen LogP contribution is 2.27. The first-order valence-corrected chi connectivity index (χ1v) is 9.61. The Hall–Kier alpha value is -2.41. The number of carbonyl (C=O) groups excluding carboxylic acids is 2. The molecule has 0 radical (unpaired) electrons. The Morgan fingerprint density at radius 2 is 1.85 bits per heavy atom.